The van der Waals surface area contributed by atoms with Gasteiger partial charge in [0.1, 0.15) is 11.9 Å². The third-order valence-electron chi connectivity index (χ3n) is 5.35. The van der Waals surface area contributed by atoms with Crippen LogP contribution in [-0.2, 0) is 14.0 Å². The first-order valence-corrected chi connectivity index (χ1v) is 9.48. The van der Waals surface area contributed by atoms with Gasteiger partial charge in [0.15, 0.2) is 0 Å². The van der Waals surface area contributed by atoms with Crippen molar-refractivity contribution in [2.45, 2.75) is 31.2 Å². The Bertz CT molecular complexity index is 750. The van der Waals surface area contributed by atoms with E-state index in [4.69, 9.17) is 18.8 Å². The van der Waals surface area contributed by atoms with Crippen LogP contribution in [0.3, 0.4) is 0 Å². The lowest BCUT2D eigenvalue weighted by atomic mass is 9.76. The Kier molecular flexibility index (Phi) is 5.39. The van der Waals surface area contributed by atoms with Crippen molar-refractivity contribution in [3.05, 3.63) is 54.1 Å². The van der Waals surface area contributed by atoms with Crippen LogP contribution < -0.4 is 15.1 Å². The predicted octanol–water partition coefficient (Wildman–Crippen LogP) is 2.79. The first kappa shape index (κ1) is 18.4. The molecule has 6 heteroatoms. The van der Waals surface area contributed by atoms with Crippen LogP contribution in [0.4, 0.5) is 5.69 Å². The van der Waals surface area contributed by atoms with Gasteiger partial charge in [0.05, 0.1) is 25.9 Å². The Morgan fingerprint density at radius 2 is 1.70 bits per heavy atom. The molecule has 2 aliphatic heterocycles. The van der Waals surface area contributed by atoms with E-state index in [2.05, 4.69) is 29.2 Å². The third-order valence-corrected chi connectivity index (χ3v) is 5.35. The van der Waals surface area contributed by atoms with Gasteiger partial charge in [0.2, 0.25) is 0 Å². The number of methoxy groups -OCH3 is 1. The minimum absolute atomic E-state index is 0.0215. The van der Waals surface area contributed by atoms with Gasteiger partial charge in [-0.3, -0.25) is 0 Å². The molecule has 4 rings (SSSR count). The highest BCUT2D eigenvalue weighted by Crippen LogP contribution is 2.35. The summed E-state index contributed by atoms with van der Waals surface area (Å²) < 4.78 is 23.7. The van der Waals surface area contributed by atoms with E-state index in [0.29, 0.717) is 6.61 Å². The van der Waals surface area contributed by atoms with Crippen molar-refractivity contribution in [3.8, 4) is 5.75 Å². The Morgan fingerprint density at radius 1 is 0.963 bits per heavy atom. The minimum atomic E-state index is -0.336. The van der Waals surface area contributed by atoms with Crippen LogP contribution >= 0.6 is 0 Å². The molecule has 0 unspecified atom stereocenters. The molecule has 27 heavy (non-hydrogen) atoms. The summed E-state index contributed by atoms with van der Waals surface area (Å²) in [5.74, 6) is 0.830. The number of hydrogen-bond donors (Lipinski definition) is 0. The standard InChI is InChI=1S/C21H26BNO4/c1-23(2)17-8-4-15(5-9-17)19-12-13-20-21(26-19)14-25-22(27-20)16-6-10-18(24-3)11-7-16/h4-11,19-21H,12-14H2,1-3H3/t19-,20+,21-/m1/s1. The van der Waals surface area contributed by atoms with E-state index >= 15 is 0 Å². The van der Waals surface area contributed by atoms with Crippen molar-refractivity contribution in [1.82, 2.24) is 0 Å². The molecule has 0 aromatic heterocycles. The number of anilines is 1. The van der Waals surface area contributed by atoms with Crippen molar-refractivity contribution in [2.24, 2.45) is 0 Å². The summed E-state index contributed by atoms with van der Waals surface area (Å²) in [6.07, 6.45) is 2.08. The maximum Gasteiger partial charge on any atom is 0.494 e. The molecule has 2 heterocycles. The lowest BCUT2D eigenvalue weighted by Crippen LogP contribution is -2.54. The molecule has 0 amide bonds. The highest BCUT2D eigenvalue weighted by Gasteiger charge is 2.41. The third kappa shape index (κ3) is 3.98. The van der Waals surface area contributed by atoms with Crippen molar-refractivity contribution >= 4 is 18.3 Å². The largest absolute Gasteiger partial charge is 0.497 e. The summed E-state index contributed by atoms with van der Waals surface area (Å²) in [5, 5.41) is 0. The van der Waals surface area contributed by atoms with E-state index in [9.17, 15) is 0 Å². The summed E-state index contributed by atoms with van der Waals surface area (Å²) in [6, 6.07) is 16.4. The lowest BCUT2D eigenvalue weighted by molar-refractivity contribution is -0.150. The first-order chi connectivity index (χ1) is 13.1. The number of hydrogen-bond acceptors (Lipinski definition) is 5. The Hall–Kier alpha value is -2.02. The maximum absolute atomic E-state index is 6.31. The van der Waals surface area contributed by atoms with Gasteiger partial charge in [-0.1, -0.05) is 24.3 Å². The summed E-state index contributed by atoms with van der Waals surface area (Å²) in [6.45, 7) is 0.549. The van der Waals surface area contributed by atoms with E-state index < -0.39 is 0 Å². The fourth-order valence-electron chi connectivity index (χ4n) is 3.72. The van der Waals surface area contributed by atoms with Gasteiger partial charge in [-0.15, -0.1) is 0 Å². The molecule has 0 radical (unpaired) electrons. The second kappa shape index (κ2) is 7.93. The Balaban J connectivity index is 1.38. The highest BCUT2D eigenvalue weighted by atomic mass is 16.6. The fraction of sp³-hybridized carbons (Fsp3) is 0.429. The topological polar surface area (TPSA) is 40.2 Å². The Labute approximate surface area is 161 Å². The Morgan fingerprint density at radius 3 is 2.37 bits per heavy atom. The van der Waals surface area contributed by atoms with Gasteiger partial charge in [-0.2, -0.15) is 0 Å². The van der Waals surface area contributed by atoms with Crippen molar-refractivity contribution in [1.29, 1.82) is 0 Å². The van der Waals surface area contributed by atoms with Crippen LogP contribution in [0.5, 0.6) is 5.75 Å². The van der Waals surface area contributed by atoms with Gasteiger partial charge in [0.25, 0.3) is 0 Å². The van der Waals surface area contributed by atoms with Gasteiger partial charge in [0, 0.05) is 19.8 Å². The summed E-state index contributed by atoms with van der Waals surface area (Å²) in [5.41, 5.74) is 3.42. The molecule has 2 aromatic rings. The van der Waals surface area contributed by atoms with E-state index in [-0.39, 0.29) is 25.4 Å². The molecular formula is C21H26BNO4. The van der Waals surface area contributed by atoms with Crippen molar-refractivity contribution in [2.75, 3.05) is 32.7 Å². The molecule has 0 saturated carbocycles. The molecule has 2 fully saturated rings. The summed E-state index contributed by atoms with van der Waals surface area (Å²) >= 11 is 0. The van der Waals surface area contributed by atoms with E-state index in [1.54, 1.807) is 7.11 Å². The summed E-state index contributed by atoms with van der Waals surface area (Å²) in [7, 11) is 5.42. The molecule has 0 bridgehead atoms. The molecule has 2 aromatic carbocycles. The number of nitrogens with zero attached hydrogens (tertiary/aromatic N) is 1. The molecule has 3 atom stereocenters. The first-order valence-electron chi connectivity index (χ1n) is 9.48. The SMILES string of the molecule is COc1ccc(B2OC[C@H]3O[C@@H](c4ccc(N(C)C)cc4)CC[C@@H]3O2)cc1. The number of ether oxygens (including phenoxy) is 2. The van der Waals surface area contributed by atoms with E-state index in [1.165, 1.54) is 11.3 Å². The molecule has 5 nitrogen and oxygen atoms in total. The van der Waals surface area contributed by atoms with Crippen LogP contribution in [0.15, 0.2) is 48.5 Å². The fourth-order valence-corrected chi connectivity index (χ4v) is 3.72. The quantitative estimate of drug-likeness (QED) is 0.778. The number of benzene rings is 2. The number of fused-ring (bicyclic) bond motifs is 1. The van der Waals surface area contributed by atoms with E-state index in [0.717, 1.165) is 24.1 Å². The van der Waals surface area contributed by atoms with Gasteiger partial charge in [-0.25, -0.2) is 0 Å². The summed E-state index contributed by atoms with van der Waals surface area (Å²) in [4.78, 5) is 2.10. The zero-order chi connectivity index (χ0) is 18.8. The van der Waals surface area contributed by atoms with Crippen molar-refractivity contribution < 1.29 is 18.8 Å². The molecule has 0 spiro atoms. The molecule has 142 valence electrons. The van der Waals surface area contributed by atoms with Gasteiger partial charge >= 0.3 is 7.12 Å². The molecule has 2 saturated heterocycles. The normalized spacial score (nSPS) is 25.0. The number of rotatable bonds is 4. The molecular weight excluding hydrogens is 341 g/mol. The van der Waals surface area contributed by atoms with E-state index in [1.807, 2.05) is 38.4 Å². The monoisotopic (exact) mass is 367 g/mol. The zero-order valence-electron chi connectivity index (χ0n) is 16.1. The van der Waals surface area contributed by atoms with Crippen LogP contribution in [-0.4, -0.2) is 47.1 Å². The van der Waals surface area contributed by atoms with Crippen LogP contribution in [0.2, 0.25) is 0 Å². The predicted molar refractivity (Wildman–Crippen MR) is 107 cm³/mol. The highest BCUT2D eigenvalue weighted by molar-refractivity contribution is 6.61. The average Bonchev–Trinajstić information content (AvgIpc) is 2.73. The lowest BCUT2D eigenvalue weighted by Gasteiger charge is -2.41. The van der Waals surface area contributed by atoms with Crippen LogP contribution in [0.25, 0.3) is 0 Å². The van der Waals surface area contributed by atoms with Gasteiger partial charge in [-0.05, 0) is 48.1 Å². The van der Waals surface area contributed by atoms with Crippen LogP contribution in [0, 0.1) is 0 Å². The van der Waals surface area contributed by atoms with Gasteiger partial charge < -0.3 is 23.7 Å². The maximum atomic E-state index is 6.31. The second-order valence-electron chi connectivity index (χ2n) is 7.34. The minimum Gasteiger partial charge on any atom is -0.497 e. The average molecular weight is 367 g/mol. The smallest absolute Gasteiger partial charge is 0.494 e. The zero-order valence-corrected chi connectivity index (χ0v) is 16.1. The van der Waals surface area contributed by atoms with Crippen LogP contribution in [0.1, 0.15) is 24.5 Å². The second-order valence-corrected chi connectivity index (χ2v) is 7.34. The van der Waals surface area contributed by atoms with Crippen molar-refractivity contribution in [3.63, 3.8) is 0 Å². The molecule has 0 aliphatic carbocycles. The molecule has 2 aliphatic rings. The molecule has 0 N–H and O–H groups in total.